The molecule has 9 heavy (non-hydrogen) atoms. The van der Waals surface area contributed by atoms with E-state index in [1.54, 1.807) is 0 Å². The van der Waals surface area contributed by atoms with E-state index in [-0.39, 0.29) is 0 Å². The van der Waals surface area contributed by atoms with E-state index in [9.17, 15) is 0 Å². The fourth-order valence-electron chi connectivity index (χ4n) is 0.715. The van der Waals surface area contributed by atoms with Crippen molar-refractivity contribution >= 4 is 11.3 Å². The minimum Gasteiger partial charge on any atom is -0.342 e. The van der Waals surface area contributed by atoms with Gasteiger partial charge in [0.05, 0.1) is 11.9 Å². The first-order valence-electron chi connectivity index (χ1n) is 3.17. The summed E-state index contributed by atoms with van der Waals surface area (Å²) in [6, 6.07) is 4.90. The molecule has 0 saturated carbocycles. The third kappa shape index (κ3) is 1.53. The summed E-state index contributed by atoms with van der Waals surface area (Å²) >= 11 is 1.82. The zero-order chi connectivity index (χ0) is 6.69. The first kappa shape index (κ1) is 6.78. The zero-order valence-electron chi connectivity index (χ0n) is 5.79. The summed E-state index contributed by atoms with van der Waals surface area (Å²) in [5, 5.41) is 4.33. The van der Waals surface area contributed by atoms with Crippen LogP contribution in [0.15, 0.2) is 17.5 Å². The maximum atomic E-state index is 2.21. The Hall–Kier alpha value is -0.340. The molecule has 50 valence electrons. The van der Waals surface area contributed by atoms with Crippen molar-refractivity contribution < 1.29 is 5.32 Å². The standard InChI is InChI=1S/C7H11NS/c1-6(8-2)7-4-3-5-9-7/h3-6,8H,1-2H3/p+1/t6-/m1/s1. The Morgan fingerprint density at radius 2 is 2.44 bits per heavy atom. The normalized spacial score (nSPS) is 13.6. The lowest BCUT2D eigenvalue weighted by molar-refractivity contribution is -0.666. The summed E-state index contributed by atoms with van der Waals surface area (Å²) in [5.74, 6) is 0. The molecule has 1 atom stereocenters. The van der Waals surface area contributed by atoms with Crippen molar-refractivity contribution in [1.29, 1.82) is 0 Å². The topological polar surface area (TPSA) is 16.6 Å². The van der Waals surface area contributed by atoms with Crippen LogP contribution >= 0.6 is 11.3 Å². The van der Waals surface area contributed by atoms with Crippen molar-refractivity contribution in [2.45, 2.75) is 13.0 Å². The highest BCUT2D eigenvalue weighted by molar-refractivity contribution is 7.10. The minimum absolute atomic E-state index is 0.630. The average Bonchev–Trinajstić information content (AvgIpc) is 2.37. The molecule has 0 aliphatic heterocycles. The van der Waals surface area contributed by atoms with Gasteiger partial charge in [-0.2, -0.15) is 0 Å². The van der Waals surface area contributed by atoms with E-state index in [0.717, 1.165) is 0 Å². The number of quaternary nitrogens is 1. The number of thiophene rings is 1. The molecule has 1 heterocycles. The van der Waals surface area contributed by atoms with Crippen LogP contribution in [0.1, 0.15) is 17.8 Å². The van der Waals surface area contributed by atoms with Crippen molar-refractivity contribution in [3.05, 3.63) is 22.4 Å². The third-order valence-corrected chi connectivity index (χ3v) is 2.57. The molecule has 2 heteroatoms. The Morgan fingerprint density at radius 1 is 1.67 bits per heavy atom. The van der Waals surface area contributed by atoms with Crippen LogP contribution < -0.4 is 5.32 Å². The van der Waals surface area contributed by atoms with Crippen molar-refractivity contribution in [3.8, 4) is 0 Å². The molecule has 0 radical (unpaired) electrons. The summed E-state index contributed by atoms with van der Waals surface area (Å²) < 4.78 is 0. The van der Waals surface area contributed by atoms with Gasteiger partial charge in [0, 0.05) is 0 Å². The summed E-state index contributed by atoms with van der Waals surface area (Å²) in [6.45, 7) is 2.21. The van der Waals surface area contributed by atoms with Crippen LogP contribution in [0.25, 0.3) is 0 Å². The van der Waals surface area contributed by atoms with E-state index in [1.807, 2.05) is 11.3 Å². The fourth-order valence-corrected chi connectivity index (χ4v) is 1.54. The predicted molar refractivity (Wildman–Crippen MR) is 40.6 cm³/mol. The van der Waals surface area contributed by atoms with Gasteiger partial charge in [-0.25, -0.2) is 0 Å². The van der Waals surface area contributed by atoms with Crippen molar-refractivity contribution in [3.63, 3.8) is 0 Å². The molecule has 1 aromatic rings. The molecule has 0 aliphatic rings. The average molecular weight is 142 g/mol. The molecule has 1 aromatic heterocycles. The van der Waals surface area contributed by atoms with Crippen molar-refractivity contribution in [1.82, 2.24) is 0 Å². The van der Waals surface area contributed by atoms with Crippen LogP contribution in [0.2, 0.25) is 0 Å². The van der Waals surface area contributed by atoms with Gasteiger partial charge in [0.2, 0.25) is 0 Å². The van der Waals surface area contributed by atoms with E-state index >= 15 is 0 Å². The lowest BCUT2D eigenvalue weighted by atomic mass is 10.3. The van der Waals surface area contributed by atoms with Gasteiger partial charge in [0.25, 0.3) is 0 Å². The van der Waals surface area contributed by atoms with Crippen LogP contribution in [0.5, 0.6) is 0 Å². The summed E-state index contributed by atoms with van der Waals surface area (Å²) in [5.41, 5.74) is 0. The molecule has 0 aromatic carbocycles. The first-order valence-corrected chi connectivity index (χ1v) is 4.05. The molecule has 2 N–H and O–H groups in total. The van der Waals surface area contributed by atoms with Crippen LogP contribution in [0.3, 0.4) is 0 Å². The Bertz CT molecular complexity index is 157. The van der Waals surface area contributed by atoms with Gasteiger partial charge in [-0.1, -0.05) is 6.07 Å². The Kier molecular flexibility index (Phi) is 2.25. The molecule has 0 unspecified atom stereocenters. The summed E-state index contributed by atoms with van der Waals surface area (Å²) in [4.78, 5) is 1.46. The zero-order valence-corrected chi connectivity index (χ0v) is 6.61. The quantitative estimate of drug-likeness (QED) is 0.634. The monoisotopic (exact) mass is 142 g/mol. The summed E-state index contributed by atoms with van der Waals surface area (Å²) in [7, 11) is 2.10. The predicted octanol–water partition coefficient (Wildman–Crippen LogP) is 1.00. The second kappa shape index (κ2) is 2.99. The molecule has 0 fully saturated rings. The Morgan fingerprint density at radius 3 is 2.89 bits per heavy atom. The SMILES string of the molecule is C[NH2+][C@H](C)c1cccs1. The number of nitrogens with two attached hydrogens (primary N) is 1. The van der Waals surface area contributed by atoms with Gasteiger partial charge in [-0.15, -0.1) is 11.3 Å². The Balaban J connectivity index is 2.65. The van der Waals surface area contributed by atoms with E-state index in [4.69, 9.17) is 0 Å². The largest absolute Gasteiger partial charge is 0.342 e. The molecule has 0 spiro atoms. The first-order chi connectivity index (χ1) is 4.34. The van der Waals surface area contributed by atoms with E-state index in [2.05, 4.69) is 36.8 Å². The fraction of sp³-hybridized carbons (Fsp3) is 0.429. The minimum atomic E-state index is 0.630. The second-order valence-electron chi connectivity index (χ2n) is 2.14. The van der Waals surface area contributed by atoms with Gasteiger partial charge in [0.15, 0.2) is 0 Å². The number of hydrogen-bond acceptors (Lipinski definition) is 1. The van der Waals surface area contributed by atoms with Gasteiger partial charge >= 0.3 is 0 Å². The third-order valence-electron chi connectivity index (χ3n) is 1.49. The van der Waals surface area contributed by atoms with E-state index in [0.29, 0.717) is 6.04 Å². The molecule has 1 rings (SSSR count). The molecule has 0 bridgehead atoms. The van der Waals surface area contributed by atoms with Crippen molar-refractivity contribution in [2.75, 3.05) is 7.05 Å². The lowest BCUT2D eigenvalue weighted by Crippen LogP contribution is -2.80. The maximum absolute atomic E-state index is 2.21. The van der Waals surface area contributed by atoms with Gasteiger partial charge in [-0.3, -0.25) is 0 Å². The van der Waals surface area contributed by atoms with Gasteiger partial charge in [0.1, 0.15) is 6.04 Å². The van der Waals surface area contributed by atoms with Crippen molar-refractivity contribution in [2.24, 2.45) is 0 Å². The molecule has 0 aliphatic carbocycles. The second-order valence-corrected chi connectivity index (χ2v) is 3.12. The van der Waals surface area contributed by atoms with Crippen LogP contribution in [-0.2, 0) is 0 Å². The van der Waals surface area contributed by atoms with E-state index in [1.165, 1.54) is 4.88 Å². The van der Waals surface area contributed by atoms with Crippen LogP contribution in [0, 0.1) is 0 Å². The molecule has 0 amide bonds. The van der Waals surface area contributed by atoms with E-state index < -0.39 is 0 Å². The number of rotatable bonds is 2. The highest BCUT2D eigenvalue weighted by Crippen LogP contribution is 2.13. The smallest absolute Gasteiger partial charge is 0.118 e. The number of hydrogen-bond donors (Lipinski definition) is 1. The highest BCUT2D eigenvalue weighted by Gasteiger charge is 2.04. The molecular weight excluding hydrogens is 130 g/mol. The summed E-state index contributed by atoms with van der Waals surface area (Å²) in [6.07, 6.45) is 0. The highest BCUT2D eigenvalue weighted by atomic mass is 32.1. The molecular formula is C7H12NS+. The van der Waals surface area contributed by atoms with Crippen LogP contribution in [-0.4, -0.2) is 7.05 Å². The molecule has 1 nitrogen and oxygen atoms in total. The molecule has 0 saturated heterocycles. The van der Waals surface area contributed by atoms with Gasteiger partial charge in [-0.05, 0) is 18.4 Å². The lowest BCUT2D eigenvalue weighted by Gasteiger charge is -2.01. The Labute approximate surface area is 59.7 Å². The van der Waals surface area contributed by atoms with Crippen LogP contribution in [0.4, 0.5) is 0 Å². The maximum Gasteiger partial charge on any atom is 0.118 e. The van der Waals surface area contributed by atoms with Gasteiger partial charge < -0.3 is 5.32 Å².